The molecule has 6 rings (SSSR count). The number of urea groups is 1. The summed E-state index contributed by atoms with van der Waals surface area (Å²) in [7, 11) is 3.19. The quantitative estimate of drug-likeness (QED) is 0.192. The molecule has 0 aliphatic carbocycles. The second kappa shape index (κ2) is 13.4. The minimum absolute atomic E-state index is 0.183. The van der Waals surface area contributed by atoms with Crippen LogP contribution in [0.25, 0.3) is 21.7 Å². The van der Waals surface area contributed by atoms with Crippen LogP contribution < -0.4 is 24.4 Å². The van der Waals surface area contributed by atoms with Gasteiger partial charge in [0.2, 0.25) is 0 Å². The fourth-order valence-electron chi connectivity index (χ4n) is 5.47. The fraction of sp³-hybridized carbons (Fsp3) is 0.229. The Balaban J connectivity index is 1.11. The van der Waals surface area contributed by atoms with E-state index < -0.39 is 0 Å². The van der Waals surface area contributed by atoms with Gasteiger partial charge in [-0.25, -0.2) is 4.79 Å². The van der Waals surface area contributed by atoms with Crippen LogP contribution in [0.15, 0.2) is 85.1 Å². The predicted octanol–water partition coefficient (Wildman–Crippen LogP) is 6.44. The molecule has 0 radical (unpaired) electrons. The Kier molecular flexibility index (Phi) is 8.80. The molecule has 1 fully saturated rings. The summed E-state index contributed by atoms with van der Waals surface area (Å²) in [6, 6.07) is 27.2. The van der Waals surface area contributed by atoms with Crippen LogP contribution in [0.2, 0.25) is 0 Å². The normalized spacial score (nSPS) is 13.0. The van der Waals surface area contributed by atoms with Gasteiger partial charge < -0.3 is 34.1 Å². The molecular weight excluding hydrogens is 570 g/mol. The summed E-state index contributed by atoms with van der Waals surface area (Å²) < 4.78 is 22.6. The van der Waals surface area contributed by atoms with E-state index in [0.717, 1.165) is 27.6 Å². The second-order valence-electron chi connectivity index (χ2n) is 10.5. The maximum absolute atomic E-state index is 13.2. The zero-order valence-electron chi connectivity index (χ0n) is 25.2. The number of ether oxygens (including phenoxy) is 4. The minimum Gasteiger partial charge on any atom is -0.493 e. The van der Waals surface area contributed by atoms with Crippen LogP contribution in [0.3, 0.4) is 0 Å². The first-order valence-electron chi connectivity index (χ1n) is 14.7. The highest BCUT2D eigenvalue weighted by Gasteiger charge is 2.25. The van der Waals surface area contributed by atoms with Gasteiger partial charge in [-0.3, -0.25) is 4.98 Å². The third-order valence-corrected chi connectivity index (χ3v) is 7.76. The van der Waals surface area contributed by atoms with Crippen LogP contribution in [-0.2, 0) is 4.74 Å². The molecule has 228 valence electrons. The summed E-state index contributed by atoms with van der Waals surface area (Å²) in [6.07, 6.45) is 1.58. The second-order valence-corrected chi connectivity index (χ2v) is 10.5. The molecule has 1 saturated heterocycles. The number of rotatable bonds is 9. The van der Waals surface area contributed by atoms with Crippen molar-refractivity contribution in [2.75, 3.05) is 63.8 Å². The fourth-order valence-corrected chi connectivity index (χ4v) is 5.47. The number of nitriles is 1. The lowest BCUT2D eigenvalue weighted by Crippen LogP contribution is -2.50. The number of methoxy groups -OCH3 is 2. The van der Waals surface area contributed by atoms with Gasteiger partial charge in [0.25, 0.3) is 0 Å². The maximum Gasteiger partial charge on any atom is 0.321 e. The molecule has 10 nitrogen and oxygen atoms in total. The van der Waals surface area contributed by atoms with Gasteiger partial charge in [-0.1, -0.05) is 36.4 Å². The maximum atomic E-state index is 13.2. The number of carbonyl (C=O) groups is 1. The SMILES string of the molecule is COCCOc1cc2ncc(C#N)c(N3CCN(C(=O)Nc4ccc(Oc5cccc6ccccc56)cc4)CC3)c2cc1OC. The van der Waals surface area contributed by atoms with Gasteiger partial charge in [0, 0.05) is 62.0 Å². The Morgan fingerprint density at radius 2 is 1.67 bits per heavy atom. The van der Waals surface area contributed by atoms with Gasteiger partial charge >= 0.3 is 6.03 Å². The number of fused-ring (bicyclic) bond motifs is 2. The molecule has 1 N–H and O–H groups in total. The lowest BCUT2D eigenvalue weighted by molar-refractivity contribution is 0.144. The summed E-state index contributed by atoms with van der Waals surface area (Å²) >= 11 is 0. The third-order valence-electron chi connectivity index (χ3n) is 7.76. The molecule has 0 spiro atoms. The lowest BCUT2D eigenvalue weighted by Gasteiger charge is -2.36. The van der Waals surface area contributed by atoms with E-state index in [0.29, 0.717) is 73.4 Å². The van der Waals surface area contributed by atoms with Crippen LogP contribution in [0.4, 0.5) is 16.2 Å². The standard InChI is InChI=1S/C35H33N5O5/c1-42-18-19-44-33-21-30-29(20-32(33)43-2)34(25(22-36)23-37-30)39-14-16-40(17-15-39)35(41)38-26-10-12-27(13-11-26)45-31-9-5-7-24-6-3-4-8-28(24)31/h3-13,20-21,23H,14-19H2,1-2H3,(H,38,41). The number of hydrogen-bond acceptors (Lipinski definition) is 8. The number of benzene rings is 4. The molecule has 0 bridgehead atoms. The first-order valence-corrected chi connectivity index (χ1v) is 14.7. The van der Waals surface area contributed by atoms with Gasteiger partial charge in [0.15, 0.2) is 11.5 Å². The van der Waals surface area contributed by atoms with E-state index in [9.17, 15) is 10.1 Å². The highest BCUT2D eigenvalue weighted by Crippen LogP contribution is 2.38. The first kappa shape index (κ1) is 29.5. The number of amides is 2. The van der Waals surface area contributed by atoms with Crippen molar-refractivity contribution >= 4 is 39.1 Å². The molecule has 0 unspecified atom stereocenters. The van der Waals surface area contributed by atoms with Crippen molar-refractivity contribution < 1.29 is 23.7 Å². The molecule has 2 heterocycles. The predicted molar refractivity (Wildman–Crippen MR) is 174 cm³/mol. The van der Waals surface area contributed by atoms with Crippen molar-refractivity contribution in [3.63, 3.8) is 0 Å². The average molecular weight is 604 g/mol. The molecule has 0 saturated carbocycles. The lowest BCUT2D eigenvalue weighted by atomic mass is 10.1. The molecule has 5 aromatic rings. The van der Waals surface area contributed by atoms with E-state index in [-0.39, 0.29) is 6.03 Å². The van der Waals surface area contributed by atoms with E-state index in [4.69, 9.17) is 18.9 Å². The molecule has 1 aliphatic heterocycles. The summed E-state index contributed by atoms with van der Waals surface area (Å²) in [5, 5.41) is 15.8. The van der Waals surface area contributed by atoms with E-state index >= 15 is 0 Å². The molecule has 4 aromatic carbocycles. The van der Waals surface area contributed by atoms with Gasteiger partial charge in [0.1, 0.15) is 24.2 Å². The topological polar surface area (TPSA) is 109 Å². The molecular formula is C35H33N5O5. The zero-order valence-corrected chi connectivity index (χ0v) is 25.2. The summed E-state index contributed by atoms with van der Waals surface area (Å²) in [6.45, 7) is 2.88. The molecule has 2 amide bonds. The summed E-state index contributed by atoms with van der Waals surface area (Å²) in [4.78, 5) is 21.6. The van der Waals surface area contributed by atoms with E-state index in [2.05, 4.69) is 33.4 Å². The number of carbonyl (C=O) groups excluding carboxylic acids is 1. The van der Waals surface area contributed by atoms with Crippen molar-refractivity contribution in [3.05, 3.63) is 90.6 Å². The van der Waals surface area contributed by atoms with Gasteiger partial charge in [0.05, 0.1) is 30.5 Å². The van der Waals surface area contributed by atoms with Gasteiger partial charge in [-0.15, -0.1) is 0 Å². The Bertz CT molecular complexity index is 1860. The van der Waals surface area contributed by atoms with Crippen LogP contribution in [0, 0.1) is 11.3 Å². The number of pyridine rings is 1. The Labute approximate surface area is 261 Å². The monoisotopic (exact) mass is 603 g/mol. The van der Waals surface area contributed by atoms with Crippen molar-refractivity contribution in [1.29, 1.82) is 5.26 Å². The van der Waals surface area contributed by atoms with E-state index in [1.807, 2.05) is 66.7 Å². The molecule has 0 atom stereocenters. The van der Waals surface area contributed by atoms with Crippen LogP contribution in [0.5, 0.6) is 23.0 Å². The number of aromatic nitrogens is 1. The van der Waals surface area contributed by atoms with E-state index in [1.165, 1.54) is 0 Å². The largest absolute Gasteiger partial charge is 0.493 e. The number of anilines is 2. The average Bonchev–Trinajstić information content (AvgIpc) is 3.08. The zero-order chi connectivity index (χ0) is 31.2. The highest BCUT2D eigenvalue weighted by atomic mass is 16.5. The van der Waals surface area contributed by atoms with Crippen LogP contribution in [0.1, 0.15) is 5.56 Å². The third kappa shape index (κ3) is 6.39. The van der Waals surface area contributed by atoms with Crippen molar-refractivity contribution in [1.82, 2.24) is 9.88 Å². The van der Waals surface area contributed by atoms with Gasteiger partial charge in [-0.05, 0) is 41.8 Å². The number of hydrogen-bond donors (Lipinski definition) is 1. The molecule has 45 heavy (non-hydrogen) atoms. The Hall–Kier alpha value is -5.53. The number of piperazine rings is 1. The highest BCUT2D eigenvalue weighted by molar-refractivity contribution is 5.97. The smallest absolute Gasteiger partial charge is 0.321 e. The molecule has 10 heteroatoms. The summed E-state index contributed by atoms with van der Waals surface area (Å²) in [5.41, 5.74) is 2.59. The van der Waals surface area contributed by atoms with Crippen molar-refractivity contribution in [2.24, 2.45) is 0 Å². The summed E-state index contributed by atoms with van der Waals surface area (Å²) in [5.74, 6) is 2.56. The van der Waals surface area contributed by atoms with E-state index in [1.54, 1.807) is 25.3 Å². The molecule has 1 aliphatic rings. The van der Waals surface area contributed by atoms with Gasteiger partial charge in [-0.2, -0.15) is 5.26 Å². The van der Waals surface area contributed by atoms with Crippen molar-refractivity contribution in [3.8, 4) is 29.1 Å². The van der Waals surface area contributed by atoms with Crippen molar-refractivity contribution in [2.45, 2.75) is 0 Å². The first-order chi connectivity index (χ1) is 22.1. The molecule has 1 aromatic heterocycles. The number of nitrogens with one attached hydrogen (secondary N) is 1. The Morgan fingerprint density at radius 3 is 2.42 bits per heavy atom. The number of nitrogens with zero attached hydrogens (tertiary/aromatic N) is 4. The van der Waals surface area contributed by atoms with Crippen LogP contribution >= 0.6 is 0 Å². The van der Waals surface area contributed by atoms with Crippen LogP contribution in [-0.4, -0.2) is 69.5 Å². The minimum atomic E-state index is -0.183. The Morgan fingerprint density at radius 1 is 0.889 bits per heavy atom.